The smallest absolute Gasteiger partial charge is 0.427 e. The van der Waals surface area contributed by atoms with E-state index in [0.717, 1.165) is 4.47 Å². The van der Waals surface area contributed by atoms with Crippen molar-refractivity contribution in [3.8, 4) is 5.75 Å². The van der Waals surface area contributed by atoms with E-state index in [-0.39, 0.29) is 18.3 Å². The minimum Gasteiger partial charge on any atom is -0.482 e. The third-order valence-corrected chi connectivity index (χ3v) is 4.01. The van der Waals surface area contributed by atoms with Crippen molar-refractivity contribution in [3.63, 3.8) is 0 Å². The van der Waals surface area contributed by atoms with Crippen LogP contribution in [-0.4, -0.2) is 25.8 Å². The molecule has 0 radical (unpaired) electrons. The molecule has 1 rings (SSSR count). The molecule has 24 heavy (non-hydrogen) atoms. The van der Waals surface area contributed by atoms with Crippen LogP contribution < -0.4 is 4.89 Å². The molecule has 0 heterocycles. The van der Waals surface area contributed by atoms with E-state index >= 15 is 0 Å². The summed E-state index contributed by atoms with van der Waals surface area (Å²) >= 11 is 9.99. The van der Waals surface area contributed by atoms with Crippen molar-refractivity contribution >= 4 is 53.8 Å². The maximum Gasteiger partial charge on any atom is 0.427 e. The zero-order valence-electron chi connectivity index (χ0n) is 13.4. The quantitative estimate of drug-likeness (QED) is 0.191. The molecular formula is C15H17Br3O6. The van der Waals surface area contributed by atoms with Crippen molar-refractivity contribution in [1.29, 1.82) is 0 Å². The highest BCUT2D eigenvalue weighted by Crippen LogP contribution is 2.36. The SMILES string of the molecule is CCOC(OCC)=C(OCC)C(=O)OOc1c(Br)cc(Br)cc1Br. The van der Waals surface area contributed by atoms with E-state index in [1.165, 1.54) is 0 Å². The third kappa shape index (κ3) is 6.18. The van der Waals surface area contributed by atoms with Crippen LogP contribution in [0, 0.1) is 0 Å². The molecule has 0 fully saturated rings. The predicted octanol–water partition coefficient (Wildman–Crippen LogP) is 5.09. The fourth-order valence-electron chi connectivity index (χ4n) is 1.51. The van der Waals surface area contributed by atoms with E-state index in [2.05, 4.69) is 47.8 Å². The number of benzene rings is 1. The van der Waals surface area contributed by atoms with Gasteiger partial charge >= 0.3 is 11.9 Å². The fourth-order valence-corrected chi connectivity index (χ4v) is 3.90. The lowest BCUT2D eigenvalue weighted by Crippen LogP contribution is -2.18. The van der Waals surface area contributed by atoms with Gasteiger partial charge in [-0.25, -0.2) is 9.68 Å². The van der Waals surface area contributed by atoms with E-state index in [1.807, 2.05) is 0 Å². The van der Waals surface area contributed by atoms with Crippen LogP contribution in [0.1, 0.15) is 20.8 Å². The largest absolute Gasteiger partial charge is 0.482 e. The third-order valence-electron chi connectivity index (χ3n) is 2.37. The normalized spacial score (nSPS) is 9.92. The van der Waals surface area contributed by atoms with Gasteiger partial charge in [-0.05, 0) is 64.8 Å². The molecule has 0 saturated carbocycles. The van der Waals surface area contributed by atoms with Crippen LogP contribution in [0.3, 0.4) is 0 Å². The van der Waals surface area contributed by atoms with E-state index in [9.17, 15) is 4.79 Å². The first-order valence-corrected chi connectivity index (χ1v) is 9.48. The number of hydrogen-bond acceptors (Lipinski definition) is 6. The van der Waals surface area contributed by atoms with Gasteiger partial charge in [-0.1, -0.05) is 15.9 Å². The van der Waals surface area contributed by atoms with Crippen LogP contribution in [0.5, 0.6) is 5.75 Å². The Morgan fingerprint density at radius 2 is 1.42 bits per heavy atom. The first kappa shape index (κ1) is 21.1. The molecule has 0 aliphatic heterocycles. The molecule has 1 aromatic carbocycles. The average Bonchev–Trinajstić information content (AvgIpc) is 2.51. The highest BCUT2D eigenvalue weighted by atomic mass is 79.9. The standard InChI is InChI=1S/C15H17Br3O6/c1-4-20-13(15(21-5-2)22-6-3)14(19)24-23-12-10(17)7-9(16)8-11(12)18/h7-8H,4-6H2,1-3H3. The lowest BCUT2D eigenvalue weighted by atomic mass is 10.3. The highest BCUT2D eigenvalue weighted by molar-refractivity contribution is 9.11. The van der Waals surface area contributed by atoms with Gasteiger partial charge in [0.2, 0.25) is 5.75 Å². The van der Waals surface area contributed by atoms with Crippen LogP contribution in [0.25, 0.3) is 0 Å². The van der Waals surface area contributed by atoms with Crippen molar-refractivity contribution in [2.24, 2.45) is 0 Å². The maximum absolute atomic E-state index is 12.3. The first-order valence-electron chi connectivity index (χ1n) is 7.10. The molecule has 0 aromatic heterocycles. The average molecular weight is 533 g/mol. The van der Waals surface area contributed by atoms with Gasteiger partial charge in [-0.15, -0.1) is 0 Å². The maximum atomic E-state index is 12.3. The molecule has 0 aliphatic rings. The Balaban J connectivity index is 2.95. The molecule has 134 valence electrons. The Morgan fingerprint density at radius 1 is 0.917 bits per heavy atom. The van der Waals surface area contributed by atoms with Crippen LogP contribution in [0.15, 0.2) is 37.3 Å². The molecular weight excluding hydrogens is 516 g/mol. The summed E-state index contributed by atoms with van der Waals surface area (Å²) in [6, 6.07) is 3.50. The van der Waals surface area contributed by atoms with Gasteiger partial charge < -0.3 is 14.2 Å². The summed E-state index contributed by atoms with van der Waals surface area (Å²) in [6.07, 6.45) is 0. The van der Waals surface area contributed by atoms with E-state index in [0.29, 0.717) is 27.9 Å². The molecule has 0 amide bonds. The Kier molecular flexibility index (Phi) is 9.53. The molecule has 0 unspecified atom stereocenters. The molecule has 0 N–H and O–H groups in total. The van der Waals surface area contributed by atoms with Crippen LogP contribution in [0.4, 0.5) is 0 Å². The van der Waals surface area contributed by atoms with Gasteiger partial charge in [-0.2, -0.15) is 0 Å². The van der Waals surface area contributed by atoms with Gasteiger partial charge in [-0.3, -0.25) is 4.89 Å². The summed E-state index contributed by atoms with van der Waals surface area (Å²) in [5.74, 6) is -0.790. The molecule has 1 aromatic rings. The summed E-state index contributed by atoms with van der Waals surface area (Å²) in [7, 11) is 0. The van der Waals surface area contributed by atoms with Gasteiger partial charge in [0.15, 0.2) is 0 Å². The predicted molar refractivity (Wildman–Crippen MR) is 98.2 cm³/mol. The number of hydrogen-bond donors (Lipinski definition) is 0. The molecule has 6 nitrogen and oxygen atoms in total. The molecule has 0 atom stereocenters. The Bertz CT molecular complexity index is 572. The minimum atomic E-state index is -0.865. The molecule has 0 aliphatic carbocycles. The van der Waals surface area contributed by atoms with Gasteiger partial charge in [0.25, 0.3) is 5.76 Å². The summed E-state index contributed by atoms with van der Waals surface area (Å²) in [4.78, 5) is 22.2. The first-order chi connectivity index (χ1) is 11.4. The lowest BCUT2D eigenvalue weighted by molar-refractivity contribution is -0.214. The number of halogens is 3. The minimum absolute atomic E-state index is 0.0376. The number of carbonyl (C=O) groups is 1. The monoisotopic (exact) mass is 530 g/mol. The van der Waals surface area contributed by atoms with Crippen LogP contribution in [0.2, 0.25) is 0 Å². The van der Waals surface area contributed by atoms with Crippen molar-refractivity contribution in [3.05, 3.63) is 37.3 Å². The van der Waals surface area contributed by atoms with Crippen molar-refractivity contribution < 1.29 is 28.8 Å². The number of carbonyl (C=O) groups excluding carboxylic acids is 1. The van der Waals surface area contributed by atoms with Crippen molar-refractivity contribution in [1.82, 2.24) is 0 Å². The topological polar surface area (TPSA) is 63.2 Å². The Labute approximate surface area is 165 Å². The summed E-state index contributed by atoms with van der Waals surface area (Å²) in [5, 5.41) is 0. The van der Waals surface area contributed by atoms with E-state index in [4.69, 9.17) is 24.0 Å². The highest BCUT2D eigenvalue weighted by Gasteiger charge is 2.25. The van der Waals surface area contributed by atoms with Gasteiger partial charge in [0.1, 0.15) is 0 Å². The van der Waals surface area contributed by atoms with Crippen LogP contribution in [-0.2, 0) is 23.9 Å². The molecule has 0 spiro atoms. The number of rotatable bonds is 9. The molecule has 9 heteroatoms. The Hall–Kier alpha value is -0.930. The summed E-state index contributed by atoms with van der Waals surface area (Å²) in [6.45, 7) is 6.11. The Morgan fingerprint density at radius 3 is 1.88 bits per heavy atom. The summed E-state index contributed by atoms with van der Waals surface area (Å²) < 4.78 is 17.9. The molecule has 0 bridgehead atoms. The lowest BCUT2D eigenvalue weighted by Gasteiger charge is -2.14. The van der Waals surface area contributed by atoms with Crippen molar-refractivity contribution in [2.75, 3.05) is 19.8 Å². The van der Waals surface area contributed by atoms with E-state index < -0.39 is 5.97 Å². The second kappa shape index (κ2) is 10.8. The fraction of sp³-hybridized carbons (Fsp3) is 0.400. The van der Waals surface area contributed by atoms with Crippen LogP contribution >= 0.6 is 47.8 Å². The van der Waals surface area contributed by atoms with Gasteiger partial charge in [0, 0.05) is 4.47 Å². The number of ether oxygens (including phenoxy) is 3. The van der Waals surface area contributed by atoms with Crippen molar-refractivity contribution in [2.45, 2.75) is 20.8 Å². The molecule has 0 saturated heterocycles. The van der Waals surface area contributed by atoms with E-state index in [1.54, 1.807) is 32.9 Å². The second-order valence-corrected chi connectivity index (χ2v) is 6.69. The van der Waals surface area contributed by atoms with Gasteiger partial charge in [0.05, 0.1) is 28.8 Å². The zero-order valence-corrected chi connectivity index (χ0v) is 18.1. The summed E-state index contributed by atoms with van der Waals surface area (Å²) in [5.41, 5.74) is 0. The zero-order chi connectivity index (χ0) is 18.1. The second-order valence-electron chi connectivity index (χ2n) is 4.07.